The van der Waals surface area contributed by atoms with Gasteiger partial charge in [0.15, 0.2) is 0 Å². The summed E-state index contributed by atoms with van der Waals surface area (Å²) < 4.78 is 6.55. The molecule has 1 aliphatic heterocycles. The Balaban J connectivity index is 1.49. The fraction of sp³-hybridized carbons (Fsp3) is 0.429. The van der Waals surface area contributed by atoms with E-state index in [9.17, 15) is 14.7 Å². The second-order valence-corrected chi connectivity index (χ2v) is 12.0. The van der Waals surface area contributed by atoms with E-state index in [1.807, 2.05) is 44.1 Å². The van der Waals surface area contributed by atoms with Crippen LogP contribution >= 0.6 is 0 Å². The van der Waals surface area contributed by atoms with Crippen LogP contribution in [0, 0.1) is 5.92 Å². The zero-order chi connectivity index (χ0) is 30.9. The molecular formula is C35H46N4O4. The van der Waals surface area contributed by atoms with Crippen LogP contribution in [0.3, 0.4) is 0 Å². The highest BCUT2D eigenvalue weighted by Gasteiger charge is 2.33. The summed E-state index contributed by atoms with van der Waals surface area (Å²) in [5.74, 6) is 0.205. The lowest BCUT2D eigenvalue weighted by molar-refractivity contribution is -0.116. The molecule has 8 heteroatoms. The Morgan fingerprint density at radius 3 is 2.42 bits per heavy atom. The summed E-state index contributed by atoms with van der Waals surface area (Å²) in [5, 5.41) is 12.9. The van der Waals surface area contributed by atoms with Crippen LogP contribution in [0.5, 0.6) is 5.75 Å². The van der Waals surface area contributed by atoms with Crippen molar-refractivity contribution >= 4 is 17.5 Å². The van der Waals surface area contributed by atoms with Crippen LogP contribution < -0.4 is 10.1 Å². The van der Waals surface area contributed by atoms with Gasteiger partial charge in [-0.3, -0.25) is 14.5 Å². The predicted octanol–water partition coefficient (Wildman–Crippen LogP) is 4.99. The minimum absolute atomic E-state index is 0.0186. The number of amides is 2. The first kappa shape index (κ1) is 32.2. The van der Waals surface area contributed by atoms with E-state index in [0.717, 1.165) is 19.5 Å². The van der Waals surface area contributed by atoms with E-state index >= 15 is 0 Å². The topological polar surface area (TPSA) is 85.3 Å². The molecule has 0 spiro atoms. The Morgan fingerprint density at radius 2 is 1.74 bits per heavy atom. The van der Waals surface area contributed by atoms with Gasteiger partial charge in [-0.15, -0.1) is 0 Å². The van der Waals surface area contributed by atoms with Crippen molar-refractivity contribution < 1.29 is 19.4 Å². The molecule has 1 heterocycles. The van der Waals surface area contributed by atoms with Gasteiger partial charge in [0, 0.05) is 37.7 Å². The van der Waals surface area contributed by atoms with Crippen molar-refractivity contribution in [3.8, 4) is 16.9 Å². The van der Waals surface area contributed by atoms with Crippen molar-refractivity contribution in [2.24, 2.45) is 5.92 Å². The minimum Gasteiger partial charge on any atom is -0.488 e. The maximum absolute atomic E-state index is 13.7. The standard InChI is InChI=1S/C35H46N4O4/c1-25-21-39(26(2)24-40)35(42)31-20-30(36-34(41)12-9-19-37(3)4)17-18-32(31)43-33(25)23-38(5)22-27-13-15-29(16-14-27)28-10-7-6-8-11-28/h6-8,10-11,13-18,20,25-26,33,40H,9,12,19,21-24H2,1-5H3,(H,36,41)/t25-,26+,33+/m1/s1. The number of fused-ring (bicyclic) bond motifs is 1. The molecule has 1 aliphatic rings. The molecular weight excluding hydrogens is 540 g/mol. The summed E-state index contributed by atoms with van der Waals surface area (Å²) in [6.45, 7) is 6.48. The molecule has 3 aromatic carbocycles. The molecule has 3 aromatic rings. The number of benzene rings is 3. The third-order valence-electron chi connectivity index (χ3n) is 7.96. The molecule has 0 radical (unpaired) electrons. The Bertz CT molecular complexity index is 1350. The number of aliphatic hydroxyl groups is 1. The fourth-order valence-electron chi connectivity index (χ4n) is 5.41. The third-order valence-corrected chi connectivity index (χ3v) is 7.96. The number of anilines is 1. The molecule has 8 nitrogen and oxygen atoms in total. The molecule has 2 amide bonds. The average Bonchev–Trinajstić information content (AvgIpc) is 2.99. The van der Waals surface area contributed by atoms with Crippen LogP contribution in [-0.2, 0) is 11.3 Å². The molecule has 0 aromatic heterocycles. The van der Waals surface area contributed by atoms with Crippen molar-refractivity contribution in [1.82, 2.24) is 14.7 Å². The van der Waals surface area contributed by atoms with Crippen LogP contribution in [-0.4, -0.2) is 91.2 Å². The normalized spacial score (nSPS) is 17.7. The second-order valence-electron chi connectivity index (χ2n) is 12.0. The van der Waals surface area contributed by atoms with Gasteiger partial charge in [-0.1, -0.05) is 61.5 Å². The molecule has 0 saturated heterocycles. The zero-order valence-electron chi connectivity index (χ0n) is 26.1. The van der Waals surface area contributed by atoms with Crippen LogP contribution in [0.25, 0.3) is 11.1 Å². The highest BCUT2D eigenvalue weighted by atomic mass is 16.5. The van der Waals surface area contributed by atoms with E-state index in [0.29, 0.717) is 36.5 Å². The van der Waals surface area contributed by atoms with Gasteiger partial charge in [0.25, 0.3) is 5.91 Å². The van der Waals surface area contributed by atoms with E-state index in [4.69, 9.17) is 4.74 Å². The molecule has 2 N–H and O–H groups in total. The molecule has 0 bridgehead atoms. The number of carbonyl (C=O) groups excluding carboxylic acids is 2. The van der Waals surface area contributed by atoms with Crippen LogP contribution in [0.4, 0.5) is 5.69 Å². The number of hydrogen-bond donors (Lipinski definition) is 2. The number of nitrogens with one attached hydrogen (secondary N) is 1. The summed E-state index contributed by atoms with van der Waals surface area (Å²) >= 11 is 0. The van der Waals surface area contributed by atoms with Crippen LogP contribution in [0.2, 0.25) is 0 Å². The maximum Gasteiger partial charge on any atom is 0.258 e. The molecule has 0 fully saturated rings. The lowest BCUT2D eigenvalue weighted by Gasteiger charge is -2.38. The van der Waals surface area contributed by atoms with Gasteiger partial charge in [-0.05, 0) is 75.9 Å². The number of hydrogen-bond acceptors (Lipinski definition) is 6. The second kappa shape index (κ2) is 15.1. The third kappa shape index (κ3) is 8.89. The van der Waals surface area contributed by atoms with Gasteiger partial charge in [-0.2, -0.15) is 0 Å². The monoisotopic (exact) mass is 586 g/mol. The average molecular weight is 587 g/mol. The van der Waals surface area contributed by atoms with Gasteiger partial charge in [0.2, 0.25) is 5.91 Å². The first-order valence-corrected chi connectivity index (χ1v) is 15.1. The molecule has 0 aliphatic carbocycles. The van der Waals surface area contributed by atoms with Crippen LogP contribution in [0.15, 0.2) is 72.8 Å². The lowest BCUT2D eigenvalue weighted by atomic mass is 9.99. The Kier molecular flexibility index (Phi) is 11.3. The van der Waals surface area contributed by atoms with Crippen molar-refractivity contribution in [2.75, 3.05) is 52.7 Å². The number of aliphatic hydroxyl groups excluding tert-OH is 1. The molecule has 43 heavy (non-hydrogen) atoms. The maximum atomic E-state index is 13.7. The summed E-state index contributed by atoms with van der Waals surface area (Å²) in [6, 6.07) is 23.9. The largest absolute Gasteiger partial charge is 0.488 e. The number of nitrogens with zero attached hydrogens (tertiary/aromatic N) is 3. The lowest BCUT2D eigenvalue weighted by Crippen LogP contribution is -2.49. The van der Waals surface area contributed by atoms with Crippen molar-refractivity contribution in [1.29, 1.82) is 0 Å². The Labute approximate surface area is 256 Å². The van der Waals surface area contributed by atoms with E-state index in [1.54, 1.807) is 23.1 Å². The zero-order valence-corrected chi connectivity index (χ0v) is 26.1. The first-order valence-electron chi connectivity index (χ1n) is 15.1. The van der Waals surface area contributed by atoms with Crippen LogP contribution in [0.1, 0.15) is 42.6 Å². The summed E-state index contributed by atoms with van der Waals surface area (Å²) in [6.07, 6.45) is 0.951. The Morgan fingerprint density at radius 1 is 1.05 bits per heavy atom. The number of carbonyl (C=O) groups is 2. The number of rotatable bonds is 12. The summed E-state index contributed by atoms with van der Waals surface area (Å²) in [7, 11) is 6.04. The fourth-order valence-corrected chi connectivity index (χ4v) is 5.41. The van der Waals surface area contributed by atoms with E-state index in [1.165, 1.54) is 16.7 Å². The molecule has 230 valence electrons. The van der Waals surface area contributed by atoms with Gasteiger partial charge < -0.3 is 25.0 Å². The summed E-state index contributed by atoms with van der Waals surface area (Å²) in [5.41, 5.74) is 4.54. The smallest absolute Gasteiger partial charge is 0.258 e. The summed E-state index contributed by atoms with van der Waals surface area (Å²) in [4.78, 5) is 32.3. The van der Waals surface area contributed by atoms with Gasteiger partial charge in [0.1, 0.15) is 11.9 Å². The minimum atomic E-state index is -0.355. The number of likely N-dealkylation sites (N-methyl/N-ethyl adjacent to an activating group) is 1. The van der Waals surface area contributed by atoms with Gasteiger partial charge in [-0.25, -0.2) is 0 Å². The van der Waals surface area contributed by atoms with Gasteiger partial charge in [0.05, 0.1) is 18.2 Å². The highest BCUT2D eigenvalue weighted by molar-refractivity contribution is 5.99. The quantitative estimate of drug-likeness (QED) is 0.311. The highest BCUT2D eigenvalue weighted by Crippen LogP contribution is 2.31. The van der Waals surface area contributed by atoms with E-state index in [-0.39, 0.29) is 36.5 Å². The van der Waals surface area contributed by atoms with Gasteiger partial charge >= 0.3 is 0 Å². The molecule has 0 saturated carbocycles. The van der Waals surface area contributed by atoms with Crippen molar-refractivity contribution in [2.45, 2.75) is 45.4 Å². The SMILES string of the molecule is C[C@@H]1CN([C@@H](C)CO)C(=O)c2cc(NC(=O)CCCN(C)C)ccc2O[C@H]1CN(C)Cc1ccc(-c2ccccc2)cc1. The first-order chi connectivity index (χ1) is 20.6. The molecule has 0 unspecified atom stereocenters. The van der Waals surface area contributed by atoms with E-state index in [2.05, 4.69) is 60.6 Å². The number of ether oxygens (including phenoxy) is 1. The molecule has 3 atom stereocenters. The Hall–Kier alpha value is -3.72. The van der Waals surface area contributed by atoms with Crippen molar-refractivity contribution in [3.05, 3.63) is 83.9 Å². The van der Waals surface area contributed by atoms with Crippen molar-refractivity contribution in [3.63, 3.8) is 0 Å². The van der Waals surface area contributed by atoms with E-state index < -0.39 is 0 Å². The molecule has 4 rings (SSSR count). The predicted molar refractivity (Wildman–Crippen MR) is 172 cm³/mol.